The zero-order valence-corrected chi connectivity index (χ0v) is 69.1. The van der Waals surface area contributed by atoms with E-state index in [9.17, 15) is 74.7 Å². The van der Waals surface area contributed by atoms with Crippen LogP contribution in [0, 0.1) is 23.2 Å². The molecule has 118 heavy (non-hydrogen) atoms. The van der Waals surface area contributed by atoms with Crippen molar-refractivity contribution in [2.75, 3.05) is 26.0 Å². The van der Waals surface area contributed by atoms with Crippen molar-refractivity contribution in [3.8, 4) is 57.1 Å². The van der Waals surface area contributed by atoms with Crippen LogP contribution in [0.3, 0.4) is 0 Å². The Kier molecular flexibility index (Phi) is 32.0. The number of halogens is 2. The van der Waals surface area contributed by atoms with Gasteiger partial charge in [0.05, 0.1) is 52.5 Å². The number of amides is 5. The van der Waals surface area contributed by atoms with Gasteiger partial charge in [0.25, 0.3) is 0 Å². The maximum atomic E-state index is 16.4. The van der Waals surface area contributed by atoms with Gasteiger partial charge >= 0.3 is 7.60 Å². The maximum Gasteiger partial charge on any atom is 0.339 e. The molecule has 7 aliphatic rings. The summed E-state index contributed by atoms with van der Waals surface area (Å²) in [5, 5.41) is 123. The molecule has 11 bridgehead atoms. The number of ketones is 2. The minimum Gasteiger partial charge on any atom is -0.507 e. The molecule has 5 aromatic carbocycles. The van der Waals surface area contributed by atoms with Crippen molar-refractivity contribution >= 4 is 71.9 Å². The third kappa shape index (κ3) is 22.7. The Labute approximate surface area is 693 Å². The number of phenolic OH excluding ortho intramolecular Hbond substituents is 3. The first-order valence-corrected chi connectivity index (χ1v) is 42.7. The molecule has 2 fully saturated rings. The molecule has 2 saturated heterocycles. The summed E-state index contributed by atoms with van der Waals surface area (Å²) >= 11 is 14.4. The van der Waals surface area contributed by atoms with Gasteiger partial charge in [0, 0.05) is 61.2 Å². The van der Waals surface area contributed by atoms with Crippen LogP contribution in [0.4, 0.5) is 0 Å². The van der Waals surface area contributed by atoms with Crippen molar-refractivity contribution in [1.29, 1.82) is 0 Å². The summed E-state index contributed by atoms with van der Waals surface area (Å²) in [6.07, 6.45) is -9.24. The van der Waals surface area contributed by atoms with Gasteiger partial charge in [-0.2, -0.15) is 0 Å². The number of hydrogen-bond acceptors (Lipinski definition) is 25. The normalized spacial score (nSPS) is 26.6. The molecule has 7 heterocycles. The number of aromatic hydroxyl groups is 3. The van der Waals surface area contributed by atoms with Crippen LogP contribution in [0.15, 0.2) is 72.8 Å². The fourth-order valence-corrected chi connectivity index (χ4v) is 16.8. The van der Waals surface area contributed by atoms with Gasteiger partial charge in [0.1, 0.15) is 77.4 Å². The topological polar surface area (TPSA) is 513 Å². The van der Waals surface area contributed by atoms with Crippen molar-refractivity contribution in [2.24, 2.45) is 28.9 Å². The average molecular weight is 1710 g/mol. The highest BCUT2D eigenvalue weighted by Crippen LogP contribution is 2.51. The molecule has 7 aliphatic heterocycles. The van der Waals surface area contributed by atoms with Gasteiger partial charge in [-0.05, 0) is 140 Å². The third-order valence-corrected chi connectivity index (χ3v) is 23.8. The molecule has 0 radical (unpaired) electrons. The lowest BCUT2D eigenvalue weighted by Crippen LogP contribution is -2.62. The molecule has 5 amide bonds. The second-order valence-corrected chi connectivity index (χ2v) is 34.5. The molecule has 5 aromatic rings. The minimum atomic E-state index is -4.73. The number of nitrogens with two attached hydrogens (primary N) is 1. The summed E-state index contributed by atoms with van der Waals surface area (Å²) in [6, 6.07) is 8.15. The summed E-state index contributed by atoms with van der Waals surface area (Å²) in [4.78, 5) is 125. The van der Waals surface area contributed by atoms with Gasteiger partial charge in [-0.3, -0.25) is 38.1 Å². The number of nitrogens with one attached hydrogen (secondary N) is 6. The largest absolute Gasteiger partial charge is 0.507 e. The Morgan fingerprint density at radius 3 is 1.97 bits per heavy atom. The van der Waals surface area contributed by atoms with E-state index < -0.39 is 231 Å². The highest BCUT2D eigenvalue weighted by Gasteiger charge is 2.52. The van der Waals surface area contributed by atoms with Crippen molar-refractivity contribution in [1.82, 2.24) is 31.9 Å². The predicted octanol–water partition coefficient (Wildman–Crippen LogP) is 7.92. The van der Waals surface area contributed by atoms with E-state index >= 15 is 19.2 Å². The van der Waals surface area contributed by atoms with Gasteiger partial charge < -0.3 is 122 Å². The second-order valence-electron chi connectivity index (χ2n) is 32.1. The van der Waals surface area contributed by atoms with E-state index in [0.717, 1.165) is 50.1 Å². The molecule has 17 atom stereocenters. The first-order chi connectivity index (χ1) is 56.0. The summed E-state index contributed by atoms with van der Waals surface area (Å²) < 4.78 is 51.8. The lowest BCUT2D eigenvalue weighted by molar-refractivity contribution is -0.339. The number of unbranched alkanes of at least 4 members (excludes halogenated alkanes) is 7. The number of rotatable bonds is 29. The van der Waals surface area contributed by atoms with Crippen molar-refractivity contribution in [3.05, 3.63) is 116 Å². The van der Waals surface area contributed by atoms with Crippen LogP contribution in [-0.4, -0.2) is 184 Å². The summed E-state index contributed by atoms with van der Waals surface area (Å²) in [5.74, 6) is -16.3. The molecule has 0 aliphatic carbocycles. The van der Waals surface area contributed by atoms with Crippen LogP contribution >= 0.6 is 30.8 Å². The molecule has 0 spiro atoms. The molecular formula is C83H110Cl2N7O25P. The SMILES string of the molecule is CCCCCCCCCCNCCCC1(C)CC(OC2C(Oc3c4cc5cc3Oc3ccc(cc3Cl)C(O)C3NC(=O)C(CC(=O)C5NC(=O)C(CC(N)=O)CC(=O)C(NC(=O)C(CC)CC(C)C)C(O)c5ccc(c(Cl)c5)O4)c4ccc(O)c(c4)-c4c(cc(O)c(CNCP(=O)(O)O)c4O)CNC3=O)OC(CO)C(O)C2O)OC(C)C1O. The predicted molar refractivity (Wildman–Crippen MR) is 430 cm³/mol. The zero-order valence-electron chi connectivity index (χ0n) is 66.7. The quantitative estimate of drug-likeness (QED) is 0.0160. The molecule has 35 heteroatoms. The maximum absolute atomic E-state index is 16.4. The molecule has 646 valence electrons. The highest BCUT2D eigenvalue weighted by molar-refractivity contribution is 7.51. The number of carbonyl (C=O) groups excluding carboxylic acids is 7. The highest BCUT2D eigenvalue weighted by atomic mass is 35.5. The van der Waals surface area contributed by atoms with Crippen LogP contribution < -0.4 is 51.8 Å². The number of hydrogen-bond donors (Lipinski definition) is 18. The van der Waals surface area contributed by atoms with E-state index in [1.54, 1.807) is 13.8 Å². The van der Waals surface area contributed by atoms with E-state index in [1.165, 1.54) is 80.6 Å². The zero-order chi connectivity index (χ0) is 85.8. The van der Waals surface area contributed by atoms with Gasteiger partial charge in [-0.15, -0.1) is 0 Å². The first-order valence-electron chi connectivity index (χ1n) is 40.2. The van der Waals surface area contributed by atoms with Crippen LogP contribution in [0.25, 0.3) is 11.1 Å². The van der Waals surface area contributed by atoms with Crippen molar-refractivity contribution in [2.45, 2.75) is 243 Å². The molecule has 12 rings (SSSR count). The van der Waals surface area contributed by atoms with Crippen LogP contribution in [-0.2, 0) is 65.4 Å². The number of Topliss-reactive ketones (excluding diaryl/α,β-unsaturated/α-hetero) is 2. The Hall–Kier alpha value is -8.12. The van der Waals surface area contributed by atoms with E-state index in [4.69, 9.17) is 57.4 Å². The third-order valence-electron chi connectivity index (χ3n) is 22.5. The smallest absolute Gasteiger partial charge is 0.339 e. The van der Waals surface area contributed by atoms with Crippen LogP contribution in [0.1, 0.15) is 202 Å². The van der Waals surface area contributed by atoms with Crippen molar-refractivity contribution in [3.63, 3.8) is 0 Å². The van der Waals surface area contributed by atoms with Crippen LogP contribution in [0.5, 0.6) is 46.0 Å². The summed E-state index contributed by atoms with van der Waals surface area (Å²) in [5.41, 5.74) is 3.15. The van der Waals surface area contributed by atoms with Crippen LogP contribution in [0.2, 0.25) is 10.0 Å². The van der Waals surface area contributed by atoms with E-state index in [2.05, 4.69) is 38.8 Å². The van der Waals surface area contributed by atoms with Gasteiger partial charge in [-0.25, -0.2) is 0 Å². The summed E-state index contributed by atoms with van der Waals surface area (Å²) in [6.45, 7) is 10.5. The summed E-state index contributed by atoms with van der Waals surface area (Å²) in [7, 11) is -4.73. The van der Waals surface area contributed by atoms with E-state index in [1.807, 2.05) is 20.8 Å². The molecule has 0 saturated carbocycles. The Balaban J connectivity index is 1.15. The number of ether oxygens (including phenoxy) is 6. The molecular weight excluding hydrogens is 1600 g/mol. The van der Waals surface area contributed by atoms with E-state index in [0.29, 0.717) is 32.2 Å². The molecule has 0 aromatic heterocycles. The lowest BCUT2D eigenvalue weighted by Gasteiger charge is -2.48. The molecule has 32 nitrogen and oxygen atoms in total. The number of carbonyl (C=O) groups is 7. The monoisotopic (exact) mass is 1710 g/mol. The Morgan fingerprint density at radius 2 is 1.36 bits per heavy atom. The Bertz CT molecular complexity index is 4480. The van der Waals surface area contributed by atoms with E-state index in [-0.39, 0.29) is 78.4 Å². The number of benzene rings is 5. The number of aliphatic hydroxyl groups excluding tert-OH is 6. The van der Waals surface area contributed by atoms with Gasteiger partial charge in [0.2, 0.25) is 41.6 Å². The van der Waals surface area contributed by atoms with Gasteiger partial charge in [0.15, 0.2) is 35.5 Å². The second kappa shape index (κ2) is 41.0. The number of fused-ring (bicyclic) bond motifs is 15. The fourth-order valence-electron chi connectivity index (χ4n) is 16.0. The average Bonchev–Trinajstić information content (AvgIpc) is 0.766. The molecule has 19 N–H and O–H groups in total. The standard InChI is InChI=1S/C83H110Cl2N7O25P/c1-7-9-10-11-12-13-14-15-24-87-25-16-23-83(6)36-65(112-42(5)77(83)104)116-76-74(103)73(102)63(39-93)115-82(76)117-75-61-32-47-33-62(75)114-60-22-19-46(29-54(60)85)71(100)69-81(108)89-37-49-31-56(95)52(38-88-40-118(109,110)111)72(101)66(49)51-27-44(17-20-55(51)94)50(80(107)92-69)35-58(97)67(47)90-79(106)48(34-64(86)98)30-57(96)68(91-78(105)43(8-2)26-41(3)4)70(99)45-18-21-59(113-61)53(84)28-45/h17-22,27-29,31-33,41-43,48,50,63,65,67-71,73-74,76-77,82,87-88,93-95,99-104H,7-16,23-26,30,34-40H2,1-6H3,(H2,86,98)(H,89,108)(H,90,106)(H,91,105)(H,92,107)(H2,109,110,111). The number of phenols is 3. The number of aliphatic hydroxyl groups is 6. The van der Waals surface area contributed by atoms with Crippen molar-refractivity contribution < 1.29 is 122 Å². The lowest BCUT2D eigenvalue weighted by atomic mass is 9.73. The molecule has 17 unspecified atom stereocenters. The first kappa shape index (κ1) is 92.2. The number of primary amides is 1. The minimum absolute atomic E-state index is 0.0174. The Morgan fingerprint density at radius 1 is 0.720 bits per heavy atom. The fraction of sp³-hybridized carbons (Fsp3) is 0.554. The van der Waals surface area contributed by atoms with Gasteiger partial charge in [-0.1, -0.05) is 121 Å².